The van der Waals surface area contributed by atoms with Gasteiger partial charge in [0.15, 0.2) is 0 Å². The number of anilines is 1. The van der Waals surface area contributed by atoms with Crippen molar-refractivity contribution >= 4 is 33.4 Å². The number of imide groups is 1. The fourth-order valence-corrected chi connectivity index (χ4v) is 5.25. The Bertz CT molecular complexity index is 909. The third kappa shape index (κ3) is 4.11. The molecular weight excluding hydrogens is 394 g/mol. The van der Waals surface area contributed by atoms with E-state index in [1.54, 1.807) is 13.8 Å². The summed E-state index contributed by atoms with van der Waals surface area (Å²) in [6.07, 6.45) is 4.83. The van der Waals surface area contributed by atoms with Gasteiger partial charge in [-0.1, -0.05) is 26.0 Å². The van der Waals surface area contributed by atoms with Crippen LogP contribution < -0.4 is 5.32 Å². The predicted molar refractivity (Wildman–Crippen MR) is 107 cm³/mol. The molecule has 1 N–H and O–H groups in total. The Morgan fingerprint density at radius 1 is 1.03 bits per heavy atom. The molecule has 1 heterocycles. The zero-order valence-electron chi connectivity index (χ0n) is 16.5. The molecule has 8 nitrogen and oxygen atoms in total. The number of carbonyl (C=O) groups excluding carboxylic acids is 3. The SMILES string of the molecule is CCN(CC)S(=O)(=O)c1ccc(NC(=O)CN2C(=O)[C@H]3CC=CC[C@H]3C2=O)cc1. The second-order valence-corrected chi connectivity index (χ2v) is 9.02. The van der Waals surface area contributed by atoms with Crippen molar-refractivity contribution in [1.29, 1.82) is 0 Å². The Morgan fingerprint density at radius 3 is 2.03 bits per heavy atom. The number of carbonyl (C=O) groups is 3. The standard InChI is InChI=1S/C20H25N3O5S/c1-3-22(4-2)29(27,28)15-11-9-14(10-12-15)21-18(24)13-23-19(25)16-7-5-6-8-17(16)20(23)26/h5-6,9-12,16-17H,3-4,7-8,13H2,1-2H3,(H,21,24)/t16-,17+. The lowest BCUT2D eigenvalue weighted by atomic mass is 9.85. The molecule has 156 valence electrons. The van der Waals surface area contributed by atoms with Crippen molar-refractivity contribution in [2.75, 3.05) is 25.0 Å². The van der Waals surface area contributed by atoms with Gasteiger partial charge in [0.1, 0.15) is 6.54 Å². The van der Waals surface area contributed by atoms with E-state index in [0.29, 0.717) is 31.6 Å². The summed E-state index contributed by atoms with van der Waals surface area (Å²) in [6, 6.07) is 5.84. The van der Waals surface area contributed by atoms with Crippen molar-refractivity contribution in [3.8, 4) is 0 Å². The maximum Gasteiger partial charge on any atom is 0.244 e. The minimum Gasteiger partial charge on any atom is -0.325 e. The minimum atomic E-state index is -3.57. The summed E-state index contributed by atoms with van der Waals surface area (Å²) in [4.78, 5) is 38.4. The van der Waals surface area contributed by atoms with Crippen LogP contribution in [0.25, 0.3) is 0 Å². The van der Waals surface area contributed by atoms with E-state index in [2.05, 4.69) is 5.32 Å². The lowest BCUT2D eigenvalue weighted by molar-refractivity contribution is -0.142. The number of hydrogen-bond acceptors (Lipinski definition) is 5. The molecule has 0 radical (unpaired) electrons. The van der Waals surface area contributed by atoms with E-state index >= 15 is 0 Å². The van der Waals surface area contributed by atoms with Crippen molar-refractivity contribution in [1.82, 2.24) is 9.21 Å². The van der Waals surface area contributed by atoms with Crippen molar-refractivity contribution in [3.05, 3.63) is 36.4 Å². The molecule has 2 atom stereocenters. The second kappa shape index (κ2) is 8.46. The number of allylic oxidation sites excluding steroid dienone is 2. The van der Waals surface area contributed by atoms with E-state index in [1.807, 2.05) is 12.2 Å². The van der Waals surface area contributed by atoms with E-state index in [4.69, 9.17) is 0 Å². The van der Waals surface area contributed by atoms with Gasteiger partial charge < -0.3 is 5.32 Å². The summed E-state index contributed by atoms with van der Waals surface area (Å²) in [6.45, 7) is 3.93. The van der Waals surface area contributed by atoms with Crippen molar-refractivity contribution in [2.24, 2.45) is 11.8 Å². The van der Waals surface area contributed by atoms with Gasteiger partial charge in [-0.3, -0.25) is 19.3 Å². The van der Waals surface area contributed by atoms with Crippen molar-refractivity contribution in [2.45, 2.75) is 31.6 Å². The van der Waals surface area contributed by atoms with Crippen LogP contribution in [0.5, 0.6) is 0 Å². The van der Waals surface area contributed by atoms with Gasteiger partial charge >= 0.3 is 0 Å². The van der Waals surface area contributed by atoms with Gasteiger partial charge in [0, 0.05) is 18.8 Å². The predicted octanol–water partition coefficient (Wildman–Crippen LogP) is 1.61. The van der Waals surface area contributed by atoms with E-state index in [0.717, 1.165) is 4.90 Å². The number of hydrogen-bond donors (Lipinski definition) is 1. The summed E-state index contributed by atoms with van der Waals surface area (Å²) in [5.74, 6) is -1.85. The quantitative estimate of drug-likeness (QED) is 0.534. The summed E-state index contributed by atoms with van der Waals surface area (Å²) in [5, 5.41) is 2.62. The van der Waals surface area contributed by atoms with Crippen LogP contribution in [0.1, 0.15) is 26.7 Å². The molecule has 1 fully saturated rings. The zero-order chi connectivity index (χ0) is 21.2. The molecule has 0 bridgehead atoms. The highest BCUT2D eigenvalue weighted by molar-refractivity contribution is 7.89. The normalized spacial score (nSPS) is 21.6. The Hall–Kier alpha value is -2.52. The zero-order valence-corrected chi connectivity index (χ0v) is 17.3. The molecule has 0 saturated carbocycles. The highest BCUT2D eigenvalue weighted by Crippen LogP contribution is 2.34. The highest BCUT2D eigenvalue weighted by atomic mass is 32.2. The molecule has 0 unspecified atom stereocenters. The van der Waals surface area contributed by atoms with Gasteiger partial charge in [-0.2, -0.15) is 4.31 Å². The number of sulfonamides is 1. The fraction of sp³-hybridized carbons (Fsp3) is 0.450. The molecular formula is C20H25N3O5S. The molecule has 3 amide bonds. The van der Waals surface area contributed by atoms with Crippen LogP contribution in [0.2, 0.25) is 0 Å². The first-order valence-corrected chi connectivity index (χ1v) is 11.1. The van der Waals surface area contributed by atoms with Crippen LogP contribution in [-0.4, -0.2) is 55.0 Å². The average molecular weight is 420 g/mol. The number of rotatable bonds is 7. The Balaban J connectivity index is 1.64. The van der Waals surface area contributed by atoms with Crippen LogP contribution in [0, 0.1) is 11.8 Å². The monoisotopic (exact) mass is 419 g/mol. The number of nitrogens with zero attached hydrogens (tertiary/aromatic N) is 2. The van der Waals surface area contributed by atoms with Crippen molar-refractivity contribution in [3.63, 3.8) is 0 Å². The van der Waals surface area contributed by atoms with Gasteiger partial charge in [0.05, 0.1) is 16.7 Å². The molecule has 0 aromatic heterocycles. The van der Waals surface area contributed by atoms with Gasteiger partial charge in [-0.15, -0.1) is 0 Å². The maximum absolute atomic E-state index is 12.5. The Labute approximate surface area is 170 Å². The lowest BCUT2D eigenvalue weighted by Gasteiger charge is -2.18. The first kappa shape index (κ1) is 21.2. The molecule has 1 aromatic rings. The Morgan fingerprint density at radius 2 is 1.55 bits per heavy atom. The molecule has 9 heteroatoms. The molecule has 3 rings (SSSR count). The molecule has 1 aliphatic heterocycles. The van der Waals surface area contributed by atoms with E-state index in [1.165, 1.54) is 28.6 Å². The largest absolute Gasteiger partial charge is 0.325 e. The fourth-order valence-electron chi connectivity index (χ4n) is 3.79. The third-order valence-corrected chi connectivity index (χ3v) is 7.45. The van der Waals surface area contributed by atoms with Crippen LogP contribution in [0.15, 0.2) is 41.3 Å². The average Bonchev–Trinajstić information content (AvgIpc) is 2.94. The number of nitrogens with one attached hydrogen (secondary N) is 1. The molecule has 29 heavy (non-hydrogen) atoms. The maximum atomic E-state index is 12.5. The summed E-state index contributed by atoms with van der Waals surface area (Å²) < 4.78 is 26.4. The summed E-state index contributed by atoms with van der Waals surface area (Å²) >= 11 is 0. The number of amides is 3. The first-order chi connectivity index (χ1) is 13.8. The first-order valence-electron chi connectivity index (χ1n) is 9.69. The topological polar surface area (TPSA) is 104 Å². The third-order valence-electron chi connectivity index (χ3n) is 5.38. The van der Waals surface area contributed by atoms with Gasteiger partial charge in [0.25, 0.3) is 0 Å². The smallest absolute Gasteiger partial charge is 0.244 e. The van der Waals surface area contributed by atoms with E-state index in [-0.39, 0.29) is 35.1 Å². The van der Waals surface area contributed by atoms with Crippen LogP contribution >= 0.6 is 0 Å². The lowest BCUT2D eigenvalue weighted by Crippen LogP contribution is -2.38. The summed E-state index contributed by atoms with van der Waals surface area (Å²) in [5.41, 5.74) is 0.395. The number of benzene rings is 1. The molecule has 0 spiro atoms. The summed E-state index contributed by atoms with van der Waals surface area (Å²) in [7, 11) is -3.57. The molecule has 1 saturated heterocycles. The number of fused-ring (bicyclic) bond motifs is 1. The minimum absolute atomic E-state index is 0.140. The highest BCUT2D eigenvalue weighted by Gasteiger charge is 2.47. The van der Waals surface area contributed by atoms with Crippen LogP contribution in [0.3, 0.4) is 0 Å². The molecule has 1 aromatic carbocycles. The second-order valence-electron chi connectivity index (χ2n) is 7.08. The van der Waals surface area contributed by atoms with Crippen molar-refractivity contribution < 1.29 is 22.8 Å². The van der Waals surface area contributed by atoms with E-state index in [9.17, 15) is 22.8 Å². The van der Waals surface area contributed by atoms with E-state index < -0.39 is 15.9 Å². The molecule has 1 aliphatic carbocycles. The van der Waals surface area contributed by atoms with Crippen LogP contribution in [-0.2, 0) is 24.4 Å². The van der Waals surface area contributed by atoms with Gasteiger partial charge in [-0.05, 0) is 37.1 Å². The number of likely N-dealkylation sites (tertiary alicyclic amines) is 1. The molecule has 2 aliphatic rings. The van der Waals surface area contributed by atoms with Gasteiger partial charge in [-0.25, -0.2) is 8.42 Å². The Kier molecular flexibility index (Phi) is 6.18. The van der Waals surface area contributed by atoms with Crippen LogP contribution in [0.4, 0.5) is 5.69 Å². The van der Waals surface area contributed by atoms with Gasteiger partial charge in [0.2, 0.25) is 27.7 Å².